The molecule has 4 nitrogen and oxygen atoms in total. The summed E-state index contributed by atoms with van der Waals surface area (Å²) in [6.45, 7) is 4.96. The van der Waals surface area contributed by atoms with E-state index >= 15 is 0 Å². The van der Waals surface area contributed by atoms with Crippen molar-refractivity contribution in [2.45, 2.75) is 71.4 Å². The van der Waals surface area contributed by atoms with Crippen molar-refractivity contribution in [1.82, 2.24) is 9.78 Å². The Hall–Kier alpha value is -1.03. The summed E-state index contributed by atoms with van der Waals surface area (Å²) in [5, 5.41) is 8.00. The average Bonchev–Trinajstić information content (AvgIpc) is 2.51. The van der Waals surface area contributed by atoms with Gasteiger partial charge in [-0.3, -0.25) is 4.79 Å². The highest BCUT2D eigenvalue weighted by Gasteiger charge is 2.24. The van der Waals surface area contributed by atoms with E-state index in [4.69, 9.17) is 11.6 Å². The van der Waals surface area contributed by atoms with E-state index in [1.54, 1.807) is 6.20 Å². The molecule has 2 atom stereocenters. The molecule has 21 heavy (non-hydrogen) atoms. The molecule has 1 N–H and O–H groups in total. The van der Waals surface area contributed by atoms with Gasteiger partial charge in [0.05, 0.1) is 11.9 Å². The van der Waals surface area contributed by atoms with Crippen molar-refractivity contribution < 1.29 is 0 Å². The Kier molecular flexibility index (Phi) is 6.09. The number of rotatable bonds is 6. The Morgan fingerprint density at radius 3 is 2.86 bits per heavy atom. The van der Waals surface area contributed by atoms with Crippen LogP contribution in [-0.2, 0) is 6.54 Å². The zero-order valence-corrected chi connectivity index (χ0v) is 13.8. The Morgan fingerprint density at radius 1 is 1.38 bits per heavy atom. The lowest BCUT2D eigenvalue weighted by molar-refractivity contribution is 0.317. The first-order valence-electron chi connectivity index (χ1n) is 8.19. The molecule has 118 valence electrons. The SMILES string of the molecule is CCCCn1ncc(NC2CCCCC2CC)c(Cl)c1=O. The topological polar surface area (TPSA) is 46.9 Å². The fraction of sp³-hybridized carbons (Fsp3) is 0.750. The number of anilines is 1. The van der Waals surface area contributed by atoms with Crippen LogP contribution in [0.15, 0.2) is 11.0 Å². The van der Waals surface area contributed by atoms with E-state index in [0.717, 1.165) is 25.7 Å². The molecule has 1 fully saturated rings. The summed E-state index contributed by atoms with van der Waals surface area (Å²) in [5.74, 6) is 0.664. The van der Waals surface area contributed by atoms with Gasteiger partial charge in [0.15, 0.2) is 0 Å². The van der Waals surface area contributed by atoms with Gasteiger partial charge in [0, 0.05) is 12.6 Å². The van der Waals surface area contributed by atoms with E-state index in [2.05, 4.69) is 24.3 Å². The van der Waals surface area contributed by atoms with E-state index in [1.807, 2.05) is 0 Å². The van der Waals surface area contributed by atoms with E-state index in [-0.39, 0.29) is 10.6 Å². The highest BCUT2D eigenvalue weighted by Crippen LogP contribution is 2.30. The van der Waals surface area contributed by atoms with Crippen LogP contribution in [-0.4, -0.2) is 15.8 Å². The van der Waals surface area contributed by atoms with Crippen LogP contribution in [0, 0.1) is 5.92 Å². The van der Waals surface area contributed by atoms with Crippen LogP contribution in [0.4, 0.5) is 5.69 Å². The molecule has 2 unspecified atom stereocenters. The molecule has 0 radical (unpaired) electrons. The monoisotopic (exact) mass is 311 g/mol. The number of nitrogens with one attached hydrogen (secondary N) is 1. The molecule has 0 saturated heterocycles. The molecule has 0 aliphatic heterocycles. The first kappa shape index (κ1) is 16.3. The largest absolute Gasteiger partial charge is 0.379 e. The minimum atomic E-state index is -0.182. The van der Waals surface area contributed by atoms with E-state index in [0.29, 0.717) is 24.2 Å². The fourth-order valence-electron chi connectivity index (χ4n) is 3.12. The summed E-state index contributed by atoms with van der Waals surface area (Å²) in [6, 6.07) is 0.411. The van der Waals surface area contributed by atoms with Gasteiger partial charge < -0.3 is 5.32 Å². The second-order valence-corrected chi connectivity index (χ2v) is 6.34. The van der Waals surface area contributed by atoms with Gasteiger partial charge in [-0.25, -0.2) is 4.68 Å². The molecule has 1 heterocycles. The third kappa shape index (κ3) is 4.00. The molecule has 1 aromatic rings. The predicted octanol–water partition coefficient (Wildman–Crippen LogP) is 4.08. The van der Waals surface area contributed by atoms with Crippen molar-refractivity contribution in [1.29, 1.82) is 0 Å². The third-order valence-electron chi connectivity index (χ3n) is 4.48. The molecule has 1 saturated carbocycles. The Balaban J connectivity index is 2.13. The number of unbranched alkanes of at least 4 members (excludes halogenated alkanes) is 1. The highest BCUT2D eigenvalue weighted by atomic mass is 35.5. The molecule has 5 heteroatoms. The highest BCUT2D eigenvalue weighted by molar-refractivity contribution is 6.32. The second-order valence-electron chi connectivity index (χ2n) is 5.96. The van der Waals surface area contributed by atoms with Crippen molar-refractivity contribution in [3.05, 3.63) is 21.6 Å². The number of halogens is 1. The normalized spacial score (nSPS) is 22.2. The maximum absolute atomic E-state index is 12.2. The number of aromatic nitrogens is 2. The van der Waals surface area contributed by atoms with Crippen molar-refractivity contribution in [2.75, 3.05) is 5.32 Å². The van der Waals surface area contributed by atoms with Gasteiger partial charge >= 0.3 is 0 Å². The molecule has 1 aromatic heterocycles. The molecule has 0 bridgehead atoms. The van der Waals surface area contributed by atoms with Crippen molar-refractivity contribution in [2.24, 2.45) is 5.92 Å². The summed E-state index contributed by atoms with van der Waals surface area (Å²) >= 11 is 6.25. The molecule has 0 amide bonds. The van der Waals surface area contributed by atoms with Crippen LogP contribution < -0.4 is 10.9 Å². The first-order chi connectivity index (χ1) is 10.2. The van der Waals surface area contributed by atoms with Crippen LogP contribution in [0.3, 0.4) is 0 Å². The lowest BCUT2D eigenvalue weighted by Gasteiger charge is -2.32. The van der Waals surface area contributed by atoms with Gasteiger partial charge in [0.1, 0.15) is 5.02 Å². The zero-order valence-electron chi connectivity index (χ0n) is 13.1. The van der Waals surface area contributed by atoms with Gasteiger partial charge in [0.25, 0.3) is 5.56 Å². The lowest BCUT2D eigenvalue weighted by Crippen LogP contribution is -2.33. The predicted molar refractivity (Wildman–Crippen MR) is 88.1 cm³/mol. The van der Waals surface area contributed by atoms with E-state index < -0.39 is 0 Å². The van der Waals surface area contributed by atoms with Gasteiger partial charge in [0.2, 0.25) is 0 Å². The molecular formula is C16H26ClN3O. The van der Waals surface area contributed by atoms with E-state index in [1.165, 1.54) is 23.9 Å². The molecule has 0 spiro atoms. The van der Waals surface area contributed by atoms with Crippen molar-refractivity contribution in [3.8, 4) is 0 Å². The van der Waals surface area contributed by atoms with Crippen LogP contribution >= 0.6 is 11.6 Å². The van der Waals surface area contributed by atoms with Gasteiger partial charge in [-0.2, -0.15) is 5.10 Å². The first-order valence-corrected chi connectivity index (χ1v) is 8.57. The molecule has 2 rings (SSSR count). The van der Waals surface area contributed by atoms with Crippen LogP contribution in [0.2, 0.25) is 5.02 Å². The van der Waals surface area contributed by atoms with Crippen LogP contribution in [0.1, 0.15) is 58.8 Å². The van der Waals surface area contributed by atoms with Crippen LogP contribution in [0.5, 0.6) is 0 Å². The minimum absolute atomic E-state index is 0.182. The summed E-state index contributed by atoms with van der Waals surface area (Å²) in [5.41, 5.74) is 0.513. The standard InChI is InChI=1S/C16H26ClN3O/c1-3-5-10-20-16(21)15(17)14(11-18-20)19-13-9-7-6-8-12(13)4-2/h11-13,19H,3-10H2,1-2H3. The maximum atomic E-state index is 12.2. The number of hydrogen-bond acceptors (Lipinski definition) is 3. The summed E-state index contributed by atoms with van der Waals surface area (Å²) in [7, 11) is 0. The lowest BCUT2D eigenvalue weighted by atomic mass is 9.83. The number of nitrogens with zero attached hydrogens (tertiary/aromatic N) is 2. The summed E-state index contributed by atoms with van der Waals surface area (Å²) in [4.78, 5) is 12.2. The van der Waals surface area contributed by atoms with Crippen LogP contribution in [0.25, 0.3) is 0 Å². The number of aryl methyl sites for hydroxylation is 1. The van der Waals surface area contributed by atoms with Gasteiger partial charge in [-0.05, 0) is 25.2 Å². The van der Waals surface area contributed by atoms with E-state index in [9.17, 15) is 4.79 Å². The quantitative estimate of drug-likeness (QED) is 0.861. The average molecular weight is 312 g/mol. The molecule has 0 aromatic carbocycles. The Bertz CT molecular complexity index is 515. The zero-order chi connectivity index (χ0) is 15.2. The molecule has 1 aliphatic carbocycles. The summed E-state index contributed by atoms with van der Waals surface area (Å²) in [6.07, 6.45) is 9.80. The Morgan fingerprint density at radius 2 is 2.14 bits per heavy atom. The summed E-state index contributed by atoms with van der Waals surface area (Å²) < 4.78 is 1.47. The second kappa shape index (κ2) is 7.83. The van der Waals surface area contributed by atoms with Crippen molar-refractivity contribution >= 4 is 17.3 Å². The number of hydrogen-bond donors (Lipinski definition) is 1. The smallest absolute Gasteiger partial charge is 0.287 e. The third-order valence-corrected chi connectivity index (χ3v) is 4.85. The molecule has 1 aliphatic rings. The maximum Gasteiger partial charge on any atom is 0.287 e. The van der Waals surface area contributed by atoms with Crippen molar-refractivity contribution in [3.63, 3.8) is 0 Å². The Labute approximate surface area is 131 Å². The molecular weight excluding hydrogens is 286 g/mol. The van der Waals surface area contributed by atoms with Gasteiger partial charge in [-0.15, -0.1) is 0 Å². The fourth-order valence-corrected chi connectivity index (χ4v) is 3.32. The van der Waals surface area contributed by atoms with Gasteiger partial charge in [-0.1, -0.05) is 51.1 Å². The minimum Gasteiger partial charge on any atom is -0.379 e.